The Hall–Kier alpha value is -2.10. The zero-order valence-electron chi connectivity index (χ0n) is 15.7. The highest BCUT2D eigenvalue weighted by atomic mass is 16.5. The van der Waals surface area contributed by atoms with E-state index in [1.807, 2.05) is 18.2 Å². The first kappa shape index (κ1) is 18.7. The standard InChI is InChI=1S/C20H27N3O3/c1-19(2,3)20(13-22-8-9-23(20)18(24)25)11-17-16-6-4-5-14(12-21)15(16)7-10-26-17/h4-6,17,22H,7-11,13H2,1-3H3,(H,24,25). The highest BCUT2D eigenvalue weighted by Gasteiger charge is 2.52. The largest absolute Gasteiger partial charge is 0.465 e. The smallest absolute Gasteiger partial charge is 0.407 e. The Kier molecular flexibility index (Phi) is 4.96. The van der Waals surface area contributed by atoms with E-state index in [1.165, 1.54) is 0 Å². The second-order valence-electron chi connectivity index (χ2n) is 8.19. The second kappa shape index (κ2) is 6.90. The maximum atomic E-state index is 12.0. The summed E-state index contributed by atoms with van der Waals surface area (Å²) in [5.41, 5.74) is 1.90. The van der Waals surface area contributed by atoms with E-state index in [0.29, 0.717) is 38.2 Å². The zero-order chi connectivity index (χ0) is 18.9. The van der Waals surface area contributed by atoms with Crippen molar-refractivity contribution < 1.29 is 14.6 Å². The number of carbonyl (C=O) groups is 1. The molecule has 6 heteroatoms. The van der Waals surface area contributed by atoms with Crippen LogP contribution < -0.4 is 5.32 Å². The Bertz CT molecular complexity index is 735. The lowest BCUT2D eigenvalue weighted by atomic mass is 9.67. The molecule has 2 aliphatic heterocycles. The molecule has 1 aromatic rings. The van der Waals surface area contributed by atoms with Gasteiger partial charge in [0.2, 0.25) is 0 Å². The number of nitriles is 1. The Labute approximate surface area is 154 Å². The van der Waals surface area contributed by atoms with Gasteiger partial charge in [-0.05, 0) is 29.0 Å². The number of amides is 1. The number of benzene rings is 1. The lowest BCUT2D eigenvalue weighted by Crippen LogP contribution is -2.68. The Morgan fingerprint density at radius 1 is 1.50 bits per heavy atom. The van der Waals surface area contributed by atoms with Crippen molar-refractivity contribution >= 4 is 6.09 Å². The van der Waals surface area contributed by atoms with Crippen molar-refractivity contribution in [1.29, 1.82) is 5.26 Å². The van der Waals surface area contributed by atoms with Crippen molar-refractivity contribution in [3.63, 3.8) is 0 Å². The van der Waals surface area contributed by atoms with E-state index in [1.54, 1.807) is 4.90 Å². The van der Waals surface area contributed by atoms with Crippen LogP contribution in [0, 0.1) is 16.7 Å². The quantitative estimate of drug-likeness (QED) is 0.850. The summed E-state index contributed by atoms with van der Waals surface area (Å²) in [6.45, 7) is 8.53. The van der Waals surface area contributed by atoms with Crippen LogP contribution >= 0.6 is 0 Å². The number of carboxylic acid groups (broad SMARTS) is 1. The van der Waals surface area contributed by atoms with Crippen LogP contribution in [0.25, 0.3) is 0 Å². The third kappa shape index (κ3) is 3.06. The third-order valence-electron chi connectivity index (χ3n) is 5.95. The molecule has 1 saturated heterocycles. The molecule has 0 saturated carbocycles. The number of fused-ring (bicyclic) bond motifs is 1. The summed E-state index contributed by atoms with van der Waals surface area (Å²) in [4.78, 5) is 13.6. The number of hydrogen-bond donors (Lipinski definition) is 2. The zero-order valence-corrected chi connectivity index (χ0v) is 15.7. The first-order valence-corrected chi connectivity index (χ1v) is 9.15. The number of rotatable bonds is 2. The minimum Gasteiger partial charge on any atom is -0.465 e. The van der Waals surface area contributed by atoms with E-state index < -0.39 is 11.6 Å². The minimum atomic E-state index is -0.886. The molecule has 3 rings (SSSR count). The van der Waals surface area contributed by atoms with Crippen molar-refractivity contribution in [1.82, 2.24) is 10.2 Å². The molecular weight excluding hydrogens is 330 g/mol. The molecule has 1 fully saturated rings. The molecule has 0 spiro atoms. The Morgan fingerprint density at radius 3 is 2.92 bits per heavy atom. The first-order valence-electron chi connectivity index (χ1n) is 9.15. The normalized spacial score (nSPS) is 26.1. The predicted octanol–water partition coefficient (Wildman–Crippen LogP) is 2.93. The van der Waals surface area contributed by atoms with Gasteiger partial charge in [0.05, 0.1) is 29.9 Å². The summed E-state index contributed by atoms with van der Waals surface area (Å²) >= 11 is 0. The fourth-order valence-electron chi connectivity index (χ4n) is 4.39. The molecule has 1 amide bonds. The van der Waals surface area contributed by atoms with Gasteiger partial charge in [0.1, 0.15) is 0 Å². The highest BCUT2D eigenvalue weighted by Crippen LogP contribution is 2.45. The van der Waals surface area contributed by atoms with Crippen LogP contribution in [0.4, 0.5) is 4.79 Å². The van der Waals surface area contributed by atoms with E-state index in [-0.39, 0.29) is 11.5 Å². The van der Waals surface area contributed by atoms with Crippen LogP contribution in [-0.2, 0) is 11.2 Å². The van der Waals surface area contributed by atoms with Crippen LogP contribution in [0.5, 0.6) is 0 Å². The van der Waals surface area contributed by atoms with Gasteiger partial charge < -0.3 is 15.2 Å². The molecule has 2 unspecified atom stereocenters. The van der Waals surface area contributed by atoms with E-state index in [4.69, 9.17) is 4.74 Å². The molecular formula is C20H27N3O3. The van der Waals surface area contributed by atoms with Crippen LogP contribution in [0.1, 0.15) is 50.0 Å². The Morgan fingerprint density at radius 2 is 2.27 bits per heavy atom. The van der Waals surface area contributed by atoms with Gasteiger partial charge in [-0.2, -0.15) is 5.26 Å². The molecule has 2 heterocycles. The van der Waals surface area contributed by atoms with Gasteiger partial charge in [0, 0.05) is 26.1 Å². The average Bonchev–Trinajstić information content (AvgIpc) is 2.60. The number of nitrogens with zero attached hydrogens (tertiary/aromatic N) is 2. The van der Waals surface area contributed by atoms with E-state index >= 15 is 0 Å². The van der Waals surface area contributed by atoms with Gasteiger partial charge in [-0.1, -0.05) is 32.9 Å². The SMILES string of the molecule is CC(C)(C)C1(CC2OCCc3c(C#N)cccc32)CNCCN1C(=O)O. The maximum Gasteiger partial charge on any atom is 0.407 e. The van der Waals surface area contributed by atoms with Crippen molar-refractivity contribution in [2.75, 3.05) is 26.2 Å². The van der Waals surface area contributed by atoms with E-state index in [9.17, 15) is 15.2 Å². The average molecular weight is 357 g/mol. The van der Waals surface area contributed by atoms with Crippen molar-refractivity contribution in [3.8, 4) is 6.07 Å². The monoisotopic (exact) mass is 357 g/mol. The van der Waals surface area contributed by atoms with Gasteiger partial charge >= 0.3 is 6.09 Å². The third-order valence-corrected chi connectivity index (χ3v) is 5.95. The number of hydrogen-bond acceptors (Lipinski definition) is 4. The summed E-state index contributed by atoms with van der Waals surface area (Å²) in [5, 5.41) is 22.7. The summed E-state index contributed by atoms with van der Waals surface area (Å²) in [6.07, 6.45) is 0.188. The van der Waals surface area contributed by atoms with Gasteiger partial charge in [-0.25, -0.2) is 4.79 Å². The molecule has 0 aromatic heterocycles. The highest BCUT2D eigenvalue weighted by molar-refractivity contribution is 5.67. The summed E-state index contributed by atoms with van der Waals surface area (Å²) in [5.74, 6) is 0. The van der Waals surface area contributed by atoms with Crippen LogP contribution in [0.3, 0.4) is 0 Å². The van der Waals surface area contributed by atoms with Crippen molar-refractivity contribution in [3.05, 3.63) is 34.9 Å². The molecule has 0 radical (unpaired) electrons. The van der Waals surface area contributed by atoms with Crippen LogP contribution in [0.2, 0.25) is 0 Å². The lowest BCUT2D eigenvalue weighted by molar-refractivity contribution is -0.0667. The maximum absolute atomic E-state index is 12.0. The van der Waals surface area contributed by atoms with Crippen molar-refractivity contribution in [2.24, 2.45) is 5.41 Å². The molecule has 0 bridgehead atoms. The molecule has 26 heavy (non-hydrogen) atoms. The van der Waals surface area contributed by atoms with Gasteiger partial charge in [0.25, 0.3) is 0 Å². The Balaban J connectivity index is 2.03. The molecule has 140 valence electrons. The van der Waals surface area contributed by atoms with E-state index in [0.717, 1.165) is 17.5 Å². The number of ether oxygens (including phenoxy) is 1. The molecule has 2 N–H and O–H groups in total. The van der Waals surface area contributed by atoms with E-state index in [2.05, 4.69) is 32.2 Å². The number of piperazine rings is 1. The summed E-state index contributed by atoms with van der Waals surface area (Å²) in [7, 11) is 0. The van der Waals surface area contributed by atoms with Gasteiger partial charge in [0.15, 0.2) is 0 Å². The molecule has 2 atom stereocenters. The summed E-state index contributed by atoms with van der Waals surface area (Å²) in [6, 6.07) is 8.01. The molecule has 0 aliphatic carbocycles. The fourth-order valence-corrected chi connectivity index (χ4v) is 4.39. The second-order valence-corrected chi connectivity index (χ2v) is 8.19. The molecule has 1 aromatic carbocycles. The summed E-state index contributed by atoms with van der Waals surface area (Å²) < 4.78 is 6.10. The first-order chi connectivity index (χ1) is 12.3. The number of nitrogens with one attached hydrogen (secondary N) is 1. The fraction of sp³-hybridized carbons (Fsp3) is 0.600. The van der Waals surface area contributed by atoms with Crippen molar-refractivity contribution in [2.45, 2.75) is 45.3 Å². The topological polar surface area (TPSA) is 85.6 Å². The van der Waals surface area contributed by atoms with Crippen LogP contribution in [0.15, 0.2) is 18.2 Å². The predicted molar refractivity (Wildman–Crippen MR) is 98.0 cm³/mol. The van der Waals surface area contributed by atoms with Crippen LogP contribution in [-0.4, -0.2) is 47.9 Å². The lowest BCUT2D eigenvalue weighted by Gasteiger charge is -2.55. The van der Waals surface area contributed by atoms with Gasteiger partial charge in [-0.15, -0.1) is 0 Å². The van der Waals surface area contributed by atoms with Gasteiger partial charge in [-0.3, -0.25) is 4.90 Å². The molecule has 6 nitrogen and oxygen atoms in total. The minimum absolute atomic E-state index is 0.215. The molecule has 2 aliphatic rings.